The number of alkyl halides is 1. The van der Waals surface area contributed by atoms with Crippen molar-refractivity contribution in [1.29, 1.82) is 0 Å². The molecule has 1 amide bonds. The van der Waals surface area contributed by atoms with Gasteiger partial charge in [0.05, 0.1) is 17.1 Å². The van der Waals surface area contributed by atoms with Crippen molar-refractivity contribution in [2.75, 3.05) is 13.2 Å². The lowest BCUT2D eigenvalue weighted by atomic mass is 10.1. The number of nitrogens with zero attached hydrogens (tertiary/aromatic N) is 1. The molecule has 0 heterocycles. The van der Waals surface area contributed by atoms with Crippen LogP contribution in [0, 0.1) is 16.0 Å². The maximum Gasteiger partial charge on any atom is 0.311 e. The molecule has 1 aromatic carbocycles. The fraction of sp³-hybridized carbons (Fsp3) is 0.500. The average Bonchev–Trinajstić information content (AvgIpc) is 2.44. The third-order valence-corrected chi connectivity index (χ3v) is 4.29. The van der Waals surface area contributed by atoms with Crippen molar-refractivity contribution in [1.82, 2.24) is 5.32 Å². The molecule has 1 atom stereocenters. The minimum Gasteiger partial charge on any atom is -0.487 e. The van der Waals surface area contributed by atoms with Crippen LogP contribution in [-0.4, -0.2) is 28.8 Å². The van der Waals surface area contributed by atoms with Crippen LogP contribution in [0.5, 0.6) is 5.75 Å². The first-order valence-corrected chi connectivity index (χ1v) is 7.62. The van der Waals surface area contributed by atoms with Crippen LogP contribution in [0.2, 0.25) is 0 Å². The van der Waals surface area contributed by atoms with Gasteiger partial charge >= 0.3 is 5.69 Å². The number of hydrogen-bond donors (Lipinski definition) is 1. The second kappa shape index (κ2) is 7.97. The summed E-state index contributed by atoms with van der Waals surface area (Å²) in [6.45, 7) is 6.46. The monoisotopic (exact) mass is 358 g/mol. The first-order chi connectivity index (χ1) is 9.88. The number of benzene rings is 1. The number of nitro groups is 1. The zero-order valence-electron chi connectivity index (χ0n) is 12.3. The Morgan fingerprint density at radius 2 is 2.14 bits per heavy atom. The van der Waals surface area contributed by atoms with E-state index >= 15 is 0 Å². The van der Waals surface area contributed by atoms with Crippen LogP contribution in [-0.2, 0) is 0 Å². The maximum absolute atomic E-state index is 12.2. The van der Waals surface area contributed by atoms with Gasteiger partial charge in [-0.15, -0.1) is 0 Å². The smallest absolute Gasteiger partial charge is 0.311 e. The Kier molecular flexibility index (Phi) is 6.61. The van der Waals surface area contributed by atoms with Crippen molar-refractivity contribution in [3.63, 3.8) is 0 Å². The van der Waals surface area contributed by atoms with Gasteiger partial charge < -0.3 is 10.1 Å². The van der Waals surface area contributed by atoms with Crippen molar-refractivity contribution in [2.45, 2.75) is 25.6 Å². The summed E-state index contributed by atoms with van der Waals surface area (Å²) < 4.78 is 5.29. The van der Waals surface area contributed by atoms with Gasteiger partial charge in [-0.3, -0.25) is 14.9 Å². The number of halogens is 1. The van der Waals surface area contributed by atoms with Gasteiger partial charge in [0.1, 0.15) is 0 Å². The van der Waals surface area contributed by atoms with Crippen LogP contribution in [0.4, 0.5) is 5.69 Å². The molecular formula is C14H19BrN2O4. The highest BCUT2D eigenvalue weighted by Crippen LogP contribution is 2.30. The Bertz CT molecular complexity index is 520. The second-order valence-electron chi connectivity index (χ2n) is 4.81. The third kappa shape index (κ3) is 4.70. The fourth-order valence-corrected chi connectivity index (χ4v) is 1.83. The summed E-state index contributed by atoms with van der Waals surface area (Å²) in [7, 11) is 0. The fourth-order valence-electron chi connectivity index (χ4n) is 1.66. The lowest BCUT2D eigenvalue weighted by Gasteiger charge is -2.15. The van der Waals surface area contributed by atoms with Crippen molar-refractivity contribution in [3.05, 3.63) is 33.9 Å². The van der Waals surface area contributed by atoms with Crippen molar-refractivity contribution in [3.8, 4) is 5.75 Å². The van der Waals surface area contributed by atoms with E-state index in [1.54, 1.807) is 6.92 Å². The molecule has 7 heteroatoms. The number of rotatable bonds is 7. The molecule has 0 aliphatic carbocycles. The average molecular weight is 359 g/mol. The minimum absolute atomic E-state index is 0.0122. The zero-order chi connectivity index (χ0) is 16.0. The van der Waals surface area contributed by atoms with Gasteiger partial charge in [0.25, 0.3) is 5.91 Å². The standard InChI is InChI=1S/C14H19BrN2O4/c1-4-21-13-10(6-5-7-12(13)17(19)20)14(18)16-8-11(15)9(2)3/h5-7,9,11H,4,8H2,1-3H3,(H,16,18). The van der Waals surface area contributed by atoms with E-state index in [2.05, 4.69) is 21.2 Å². The van der Waals surface area contributed by atoms with Crippen molar-refractivity contribution >= 4 is 27.5 Å². The van der Waals surface area contributed by atoms with Gasteiger partial charge in [0.2, 0.25) is 5.75 Å². The van der Waals surface area contributed by atoms with Crippen LogP contribution >= 0.6 is 15.9 Å². The molecule has 0 fully saturated rings. The summed E-state index contributed by atoms with van der Waals surface area (Å²) in [6, 6.07) is 4.32. The van der Waals surface area contributed by atoms with Crippen molar-refractivity contribution in [2.24, 2.45) is 5.92 Å². The van der Waals surface area contributed by atoms with Gasteiger partial charge in [-0.2, -0.15) is 0 Å². The van der Waals surface area contributed by atoms with E-state index in [1.807, 2.05) is 13.8 Å². The molecule has 0 aromatic heterocycles. The zero-order valence-corrected chi connectivity index (χ0v) is 13.8. The molecule has 21 heavy (non-hydrogen) atoms. The molecule has 0 spiro atoms. The number of amides is 1. The van der Waals surface area contributed by atoms with Gasteiger partial charge in [0, 0.05) is 17.4 Å². The first kappa shape index (κ1) is 17.4. The van der Waals surface area contributed by atoms with E-state index in [0.29, 0.717) is 12.5 Å². The van der Waals surface area contributed by atoms with Crippen LogP contribution in [0.25, 0.3) is 0 Å². The second-order valence-corrected chi connectivity index (χ2v) is 5.99. The molecule has 6 nitrogen and oxygen atoms in total. The van der Waals surface area contributed by atoms with E-state index in [1.165, 1.54) is 18.2 Å². The van der Waals surface area contributed by atoms with Crippen LogP contribution in [0.1, 0.15) is 31.1 Å². The van der Waals surface area contributed by atoms with Crippen LogP contribution < -0.4 is 10.1 Å². The Hall–Kier alpha value is -1.63. The number of nitro benzene ring substituents is 1. The van der Waals surface area contributed by atoms with Gasteiger partial charge in [0.15, 0.2) is 0 Å². The highest BCUT2D eigenvalue weighted by molar-refractivity contribution is 9.09. The summed E-state index contributed by atoms with van der Waals surface area (Å²) in [5, 5.41) is 13.8. The molecule has 0 saturated heterocycles. The predicted molar refractivity (Wildman–Crippen MR) is 84.2 cm³/mol. The lowest BCUT2D eigenvalue weighted by molar-refractivity contribution is -0.385. The normalized spacial score (nSPS) is 12.0. The van der Waals surface area contributed by atoms with Gasteiger partial charge in [-0.1, -0.05) is 35.8 Å². The quantitative estimate of drug-likeness (QED) is 0.461. The van der Waals surface area contributed by atoms with Crippen LogP contribution in [0.3, 0.4) is 0 Å². The molecule has 1 aromatic rings. The molecule has 0 bridgehead atoms. The van der Waals surface area contributed by atoms with E-state index in [9.17, 15) is 14.9 Å². The molecule has 0 aliphatic rings. The molecule has 0 radical (unpaired) electrons. The first-order valence-electron chi connectivity index (χ1n) is 6.70. The molecule has 1 unspecified atom stereocenters. The van der Waals surface area contributed by atoms with Crippen LogP contribution in [0.15, 0.2) is 18.2 Å². The summed E-state index contributed by atoms with van der Waals surface area (Å²) in [5.41, 5.74) is -0.0294. The maximum atomic E-state index is 12.2. The summed E-state index contributed by atoms with van der Waals surface area (Å²) in [5.74, 6) is -0.00723. The van der Waals surface area contributed by atoms with Crippen molar-refractivity contribution < 1.29 is 14.5 Å². The number of ether oxygens (including phenoxy) is 1. The molecule has 116 valence electrons. The Balaban J connectivity index is 2.98. The molecular weight excluding hydrogens is 340 g/mol. The summed E-state index contributed by atoms with van der Waals surface area (Å²) >= 11 is 3.48. The molecule has 1 N–H and O–H groups in total. The van der Waals surface area contributed by atoms with E-state index in [-0.39, 0.29) is 34.3 Å². The van der Waals surface area contributed by atoms with E-state index < -0.39 is 4.92 Å². The number of carbonyl (C=O) groups is 1. The highest BCUT2D eigenvalue weighted by Gasteiger charge is 2.23. The largest absolute Gasteiger partial charge is 0.487 e. The van der Waals surface area contributed by atoms with Gasteiger partial charge in [-0.05, 0) is 18.9 Å². The van der Waals surface area contributed by atoms with E-state index in [4.69, 9.17) is 4.74 Å². The molecule has 0 aliphatic heterocycles. The van der Waals surface area contributed by atoms with E-state index in [0.717, 1.165) is 0 Å². The molecule has 0 saturated carbocycles. The topological polar surface area (TPSA) is 81.5 Å². The molecule has 1 rings (SSSR count). The Labute approximate surface area is 132 Å². The number of para-hydroxylation sites is 1. The highest BCUT2D eigenvalue weighted by atomic mass is 79.9. The minimum atomic E-state index is -0.552. The summed E-state index contributed by atoms with van der Waals surface area (Å²) in [6.07, 6.45) is 0. The summed E-state index contributed by atoms with van der Waals surface area (Å²) in [4.78, 5) is 22.8. The SMILES string of the molecule is CCOc1c(C(=O)NCC(Br)C(C)C)cccc1[N+](=O)[O-]. The Morgan fingerprint density at radius 1 is 1.48 bits per heavy atom. The lowest BCUT2D eigenvalue weighted by Crippen LogP contribution is -2.32. The number of nitrogens with one attached hydrogen (secondary N) is 1. The number of hydrogen-bond acceptors (Lipinski definition) is 4. The Morgan fingerprint density at radius 3 is 2.67 bits per heavy atom. The predicted octanol–water partition coefficient (Wildman–Crippen LogP) is 3.14. The number of carbonyl (C=O) groups excluding carboxylic acids is 1. The third-order valence-electron chi connectivity index (χ3n) is 2.91. The van der Waals surface area contributed by atoms with Gasteiger partial charge in [-0.25, -0.2) is 0 Å².